The van der Waals surface area contributed by atoms with Gasteiger partial charge in [-0.2, -0.15) is 0 Å². The highest BCUT2D eigenvalue weighted by Gasteiger charge is 2.01. The summed E-state index contributed by atoms with van der Waals surface area (Å²) in [5.41, 5.74) is 3.14. The van der Waals surface area contributed by atoms with E-state index in [0.717, 1.165) is 27.0 Å². The molecule has 0 aliphatic rings. The predicted octanol–water partition coefficient (Wildman–Crippen LogP) is 4.95. The van der Waals surface area contributed by atoms with E-state index in [9.17, 15) is 0 Å². The van der Waals surface area contributed by atoms with Gasteiger partial charge in [-0.25, -0.2) is 4.98 Å². The third-order valence-electron chi connectivity index (χ3n) is 3.30. The molecule has 0 bridgehead atoms. The summed E-state index contributed by atoms with van der Waals surface area (Å²) in [6.45, 7) is 0. The molecule has 0 spiro atoms. The maximum atomic E-state index is 5.17. The van der Waals surface area contributed by atoms with Crippen LogP contribution in [0.3, 0.4) is 0 Å². The first-order chi connectivity index (χ1) is 10.7. The number of aromatic nitrogens is 2. The zero-order valence-electron chi connectivity index (χ0n) is 12.1. The van der Waals surface area contributed by atoms with Crippen molar-refractivity contribution in [3.05, 3.63) is 71.1 Å². The molecule has 4 heteroatoms. The monoisotopic (exact) mass is 354 g/mol. The van der Waals surface area contributed by atoms with Crippen molar-refractivity contribution in [3.8, 4) is 17.0 Å². The van der Waals surface area contributed by atoms with Crippen molar-refractivity contribution < 1.29 is 4.74 Å². The summed E-state index contributed by atoms with van der Waals surface area (Å²) in [7, 11) is 1.66. The Bertz CT molecular complexity index is 774. The summed E-state index contributed by atoms with van der Waals surface area (Å²) in [5, 5.41) is 0. The fourth-order valence-electron chi connectivity index (χ4n) is 2.08. The fourth-order valence-corrected chi connectivity index (χ4v) is 2.34. The predicted molar refractivity (Wildman–Crippen MR) is 93.6 cm³/mol. The van der Waals surface area contributed by atoms with Crippen LogP contribution in [-0.2, 0) is 0 Å². The molecule has 3 nitrogen and oxygen atoms in total. The normalized spacial score (nSPS) is 11.0. The Morgan fingerprint density at radius 3 is 2.45 bits per heavy atom. The largest absolute Gasteiger partial charge is 0.497 e. The average Bonchev–Trinajstić information content (AvgIpc) is 3.03. The molecule has 0 aliphatic heterocycles. The highest BCUT2D eigenvalue weighted by atomic mass is 79.9. The van der Waals surface area contributed by atoms with Gasteiger partial charge in [-0.05, 0) is 48.0 Å². The Kier molecular flexibility index (Phi) is 4.39. The highest BCUT2D eigenvalue weighted by Crippen LogP contribution is 2.20. The molecule has 0 saturated carbocycles. The third kappa shape index (κ3) is 3.46. The van der Waals surface area contributed by atoms with Gasteiger partial charge in [-0.3, -0.25) is 0 Å². The lowest BCUT2D eigenvalue weighted by molar-refractivity contribution is 0.415. The van der Waals surface area contributed by atoms with E-state index in [2.05, 4.69) is 33.0 Å². The van der Waals surface area contributed by atoms with Gasteiger partial charge in [0, 0.05) is 22.4 Å². The quantitative estimate of drug-likeness (QED) is 0.662. The van der Waals surface area contributed by atoms with Gasteiger partial charge >= 0.3 is 0 Å². The molecular weight excluding hydrogens is 340 g/mol. The van der Waals surface area contributed by atoms with E-state index in [1.54, 1.807) is 13.4 Å². The second kappa shape index (κ2) is 6.62. The summed E-state index contributed by atoms with van der Waals surface area (Å²) in [5.74, 6) is 0.846. The third-order valence-corrected chi connectivity index (χ3v) is 3.83. The molecule has 0 atom stereocenters. The van der Waals surface area contributed by atoms with Crippen LogP contribution in [0.4, 0.5) is 0 Å². The summed E-state index contributed by atoms with van der Waals surface area (Å²) in [4.78, 5) is 4.43. The Hall–Kier alpha value is -2.33. The van der Waals surface area contributed by atoms with Crippen LogP contribution in [-0.4, -0.2) is 16.7 Å². The standard InChI is InChI=1S/C18H15BrN2O/c1-22-17-8-4-15(5-9-17)18-12-21(13-20-18)11-10-14-2-6-16(19)7-3-14/h2-13H,1H3/b11-10+. The molecule has 0 unspecified atom stereocenters. The van der Waals surface area contributed by atoms with Crippen molar-refractivity contribution in [2.45, 2.75) is 0 Å². The molecule has 2 aromatic carbocycles. The molecule has 0 aliphatic carbocycles. The Labute approximate surface area is 138 Å². The molecular formula is C18H15BrN2O. The van der Waals surface area contributed by atoms with E-state index in [1.807, 2.05) is 59.4 Å². The lowest BCUT2D eigenvalue weighted by Gasteiger charge is -2.00. The highest BCUT2D eigenvalue weighted by molar-refractivity contribution is 9.10. The lowest BCUT2D eigenvalue weighted by Crippen LogP contribution is -1.82. The number of benzene rings is 2. The summed E-state index contributed by atoms with van der Waals surface area (Å²) in [6, 6.07) is 16.0. The molecule has 1 heterocycles. The van der Waals surface area contributed by atoms with E-state index in [-0.39, 0.29) is 0 Å². The fraction of sp³-hybridized carbons (Fsp3) is 0.0556. The Morgan fingerprint density at radius 2 is 1.77 bits per heavy atom. The topological polar surface area (TPSA) is 27.1 Å². The van der Waals surface area contributed by atoms with E-state index >= 15 is 0 Å². The van der Waals surface area contributed by atoms with Crippen LogP contribution in [0, 0.1) is 0 Å². The number of imidazole rings is 1. The maximum Gasteiger partial charge on any atom is 0.118 e. The summed E-state index contributed by atoms with van der Waals surface area (Å²) >= 11 is 3.43. The van der Waals surface area contributed by atoms with Gasteiger partial charge in [-0.15, -0.1) is 0 Å². The zero-order chi connectivity index (χ0) is 15.4. The van der Waals surface area contributed by atoms with E-state index in [1.165, 1.54) is 0 Å². The number of hydrogen-bond acceptors (Lipinski definition) is 2. The number of ether oxygens (including phenoxy) is 1. The summed E-state index contributed by atoms with van der Waals surface area (Å²) < 4.78 is 8.19. The van der Waals surface area contributed by atoms with Crippen LogP contribution in [0.15, 0.2) is 65.5 Å². The SMILES string of the molecule is COc1ccc(-c2cn(/C=C/c3ccc(Br)cc3)cn2)cc1. The molecule has 22 heavy (non-hydrogen) atoms. The second-order valence-corrected chi connectivity index (χ2v) is 5.72. The maximum absolute atomic E-state index is 5.17. The van der Waals surface area contributed by atoms with Gasteiger partial charge < -0.3 is 9.30 Å². The molecule has 3 aromatic rings. The summed E-state index contributed by atoms with van der Waals surface area (Å²) in [6.07, 6.45) is 7.83. The number of halogens is 1. The Morgan fingerprint density at radius 1 is 1.05 bits per heavy atom. The van der Waals surface area contributed by atoms with Gasteiger partial charge in [0.1, 0.15) is 5.75 Å². The smallest absolute Gasteiger partial charge is 0.118 e. The number of hydrogen-bond donors (Lipinski definition) is 0. The molecule has 0 N–H and O–H groups in total. The molecule has 0 fully saturated rings. The second-order valence-electron chi connectivity index (χ2n) is 4.80. The first kappa shape index (κ1) is 14.6. The minimum Gasteiger partial charge on any atom is -0.497 e. The Balaban J connectivity index is 1.76. The van der Waals surface area contributed by atoms with Crippen molar-refractivity contribution in [1.29, 1.82) is 0 Å². The van der Waals surface area contributed by atoms with Crippen LogP contribution >= 0.6 is 15.9 Å². The van der Waals surface area contributed by atoms with Gasteiger partial charge in [0.05, 0.1) is 19.1 Å². The van der Waals surface area contributed by atoms with E-state index in [4.69, 9.17) is 4.74 Å². The van der Waals surface area contributed by atoms with Gasteiger partial charge in [-0.1, -0.05) is 28.1 Å². The van der Waals surface area contributed by atoms with Crippen molar-refractivity contribution in [3.63, 3.8) is 0 Å². The van der Waals surface area contributed by atoms with Crippen LogP contribution in [0.5, 0.6) is 5.75 Å². The van der Waals surface area contributed by atoms with Gasteiger partial charge in [0.25, 0.3) is 0 Å². The minimum atomic E-state index is 0.846. The van der Waals surface area contributed by atoms with Gasteiger partial charge in [0.2, 0.25) is 0 Å². The zero-order valence-corrected chi connectivity index (χ0v) is 13.7. The number of nitrogens with zero attached hydrogens (tertiary/aromatic N) is 2. The average molecular weight is 355 g/mol. The van der Waals surface area contributed by atoms with E-state index in [0.29, 0.717) is 0 Å². The molecule has 3 rings (SSSR count). The van der Waals surface area contributed by atoms with Crippen molar-refractivity contribution in [2.75, 3.05) is 7.11 Å². The van der Waals surface area contributed by atoms with Crippen molar-refractivity contribution in [2.24, 2.45) is 0 Å². The molecule has 110 valence electrons. The van der Waals surface area contributed by atoms with E-state index < -0.39 is 0 Å². The minimum absolute atomic E-state index is 0.846. The lowest BCUT2D eigenvalue weighted by atomic mass is 10.2. The molecule has 0 saturated heterocycles. The van der Waals surface area contributed by atoms with Crippen LogP contribution in [0.2, 0.25) is 0 Å². The van der Waals surface area contributed by atoms with Crippen LogP contribution < -0.4 is 4.74 Å². The van der Waals surface area contributed by atoms with Gasteiger partial charge in [0.15, 0.2) is 0 Å². The van der Waals surface area contributed by atoms with Crippen molar-refractivity contribution >= 4 is 28.2 Å². The van der Waals surface area contributed by atoms with Crippen LogP contribution in [0.25, 0.3) is 23.5 Å². The van der Waals surface area contributed by atoms with Crippen LogP contribution in [0.1, 0.15) is 5.56 Å². The first-order valence-electron chi connectivity index (χ1n) is 6.86. The number of rotatable bonds is 4. The number of methoxy groups -OCH3 is 1. The molecule has 1 aromatic heterocycles. The van der Waals surface area contributed by atoms with Crippen molar-refractivity contribution in [1.82, 2.24) is 9.55 Å². The molecule has 0 amide bonds. The first-order valence-corrected chi connectivity index (χ1v) is 7.65. The molecule has 0 radical (unpaired) electrons.